The molecule has 9 aromatic carbocycles. The van der Waals surface area contributed by atoms with Gasteiger partial charge in [-0.05, 0) is 68.4 Å². The van der Waals surface area contributed by atoms with Gasteiger partial charge in [-0.1, -0.05) is 146 Å². The summed E-state index contributed by atoms with van der Waals surface area (Å²) in [7, 11) is 0. The Balaban J connectivity index is 1.13. The van der Waals surface area contributed by atoms with Crippen LogP contribution in [0.5, 0.6) is 0 Å². The van der Waals surface area contributed by atoms with Gasteiger partial charge < -0.3 is 8.83 Å². The van der Waals surface area contributed by atoms with Crippen molar-refractivity contribution in [2.75, 3.05) is 0 Å². The second-order valence-corrected chi connectivity index (χ2v) is 14.3. The third kappa shape index (κ3) is 4.58. The minimum absolute atomic E-state index is 0.590. The average Bonchev–Trinajstić information content (AvgIpc) is 3.85. The number of aromatic nitrogens is 3. The molecule has 0 fully saturated rings. The van der Waals surface area contributed by atoms with Crippen molar-refractivity contribution in [1.82, 2.24) is 15.0 Å². The van der Waals surface area contributed by atoms with Crippen LogP contribution in [0.25, 0.3) is 121 Å². The zero-order chi connectivity index (χ0) is 36.7. The molecule has 56 heavy (non-hydrogen) atoms. The minimum atomic E-state index is 0.590. The van der Waals surface area contributed by atoms with E-state index in [1.54, 1.807) is 0 Å². The average molecular weight is 716 g/mol. The first-order valence-corrected chi connectivity index (χ1v) is 18.8. The highest BCUT2D eigenvalue weighted by Crippen LogP contribution is 2.46. The lowest BCUT2D eigenvalue weighted by atomic mass is 9.89. The van der Waals surface area contributed by atoms with Crippen LogP contribution in [0, 0.1) is 0 Å². The first-order chi connectivity index (χ1) is 27.8. The van der Waals surface area contributed by atoms with Crippen LogP contribution in [0.1, 0.15) is 0 Å². The zero-order valence-electron chi connectivity index (χ0n) is 29.9. The molecule has 0 N–H and O–H groups in total. The summed E-state index contributed by atoms with van der Waals surface area (Å²) in [5.74, 6) is 1.80. The van der Waals surface area contributed by atoms with Crippen LogP contribution in [0.15, 0.2) is 185 Å². The largest absolute Gasteiger partial charge is 0.456 e. The summed E-state index contributed by atoms with van der Waals surface area (Å²) in [6.07, 6.45) is 0. The van der Waals surface area contributed by atoms with Gasteiger partial charge in [-0.3, -0.25) is 0 Å². The minimum Gasteiger partial charge on any atom is -0.456 e. The molecular weight excluding hydrogens is 687 g/mol. The number of fused-ring (bicyclic) bond motifs is 11. The Morgan fingerprint density at radius 3 is 1.68 bits per heavy atom. The van der Waals surface area contributed by atoms with E-state index in [2.05, 4.69) is 109 Å². The molecule has 0 spiro atoms. The SMILES string of the molecule is c1ccc(-c2nc(-c3ccc(-c4cc5ccc6ccccc6c5c5oc6ccccc6c45)c4ccccc34)nc(-c3cccc4oc5ccccc5c34)n2)cc1. The standard InChI is InChI=1S/C51H29N3O2/c1-2-14-31(15-3-1)49-52-50(54-51(53-49)40-21-12-24-44-46(40)38-19-8-10-22-42(38)55-44)37-28-27-36(34-17-6-7-18-35(34)37)41-29-32-26-25-30-13-4-5-16-33(30)45(32)48-47(41)39-20-9-11-23-43(39)56-48/h1-29H. The third-order valence-electron chi connectivity index (χ3n) is 11.1. The molecule has 0 amide bonds. The summed E-state index contributed by atoms with van der Waals surface area (Å²) in [5.41, 5.74) is 8.37. The van der Waals surface area contributed by atoms with Gasteiger partial charge in [0.05, 0.1) is 0 Å². The second kappa shape index (κ2) is 11.9. The Kier molecular flexibility index (Phi) is 6.56. The highest BCUT2D eigenvalue weighted by Gasteiger charge is 2.22. The Labute approximate surface area is 320 Å². The quantitative estimate of drug-likeness (QED) is 0.170. The summed E-state index contributed by atoms with van der Waals surface area (Å²) < 4.78 is 13.0. The molecule has 3 aromatic heterocycles. The number of benzene rings is 9. The molecule has 0 atom stereocenters. The van der Waals surface area contributed by atoms with Crippen molar-refractivity contribution >= 4 is 76.2 Å². The lowest BCUT2D eigenvalue weighted by Gasteiger charge is -2.15. The predicted molar refractivity (Wildman–Crippen MR) is 229 cm³/mol. The van der Waals surface area contributed by atoms with Gasteiger partial charge >= 0.3 is 0 Å². The fourth-order valence-electron chi connectivity index (χ4n) is 8.61. The van der Waals surface area contributed by atoms with Crippen molar-refractivity contribution in [3.63, 3.8) is 0 Å². The molecule has 0 bridgehead atoms. The summed E-state index contributed by atoms with van der Waals surface area (Å²) in [4.78, 5) is 15.6. The van der Waals surface area contributed by atoms with Gasteiger partial charge in [-0.15, -0.1) is 0 Å². The van der Waals surface area contributed by atoms with E-state index in [-0.39, 0.29) is 0 Å². The van der Waals surface area contributed by atoms with Crippen molar-refractivity contribution in [2.45, 2.75) is 0 Å². The Morgan fingerprint density at radius 1 is 0.304 bits per heavy atom. The number of nitrogens with zero attached hydrogens (tertiary/aromatic N) is 3. The highest BCUT2D eigenvalue weighted by atomic mass is 16.3. The third-order valence-corrected chi connectivity index (χ3v) is 11.1. The number of para-hydroxylation sites is 2. The predicted octanol–water partition coefficient (Wildman–Crippen LogP) is 13.8. The lowest BCUT2D eigenvalue weighted by molar-refractivity contribution is 0.669. The maximum Gasteiger partial charge on any atom is 0.164 e. The molecule has 0 saturated heterocycles. The summed E-state index contributed by atoms with van der Waals surface area (Å²) in [5, 5.41) is 11.0. The van der Waals surface area contributed by atoms with Gasteiger partial charge in [-0.25, -0.2) is 15.0 Å². The maximum absolute atomic E-state index is 6.77. The van der Waals surface area contributed by atoms with Crippen LogP contribution >= 0.6 is 0 Å². The van der Waals surface area contributed by atoms with E-state index >= 15 is 0 Å². The van der Waals surface area contributed by atoms with Crippen molar-refractivity contribution < 1.29 is 8.83 Å². The smallest absolute Gasteiger partial charge is 0.164 e. The van der Waals surface area contributed by atoms with Gasteiger partial charge in [0.1, 0.15) is 22.3 Å². The van der Waals surface area contributed by atoms with Gasteiger partial charge in [-0.2, -0.15) is 0 Å². The summed E-state index contributed by atoms with van der Waals surface area (Å²) in [6, 6.07) is 60.9. The van der Waals surface area contributed by atoms with Crippen LogP contribution < -0.4 is 0 Å². The Hall–Kier alpha value is -7.63. The summed E-state index contributed by atoms with van der Waals surface area (Å²) >= 11 is 0. The molecule has 0 aliphatic carbocycles. The number of hydrogen-bond donors (Lipinski definition) is 0. The van der Waals surface area contributed by atoms with E-state index in [9.17, 15) is 0 Å². The molecule has 0 aliphatic rings. The molecule has 0 unspecified atom stereocenters. The van der Waals surface area contributed by atoms with Crippen molar-refractivity contribution in [2.24, 2.45) is 0 Å². The number of hydrogen-bond acceptors (Lipinski definition) is 5. The molecule has 0 radical (unpaired) electrons. The zero-order valence-corrected chi connectivity index (χ0v) is 29.9. The highest BCUT2D eigenvalue weighted by molar-refractivity contribution is 6.28. The maximum atomic E-state index is 6.77. The molecule has 5 nitrogen and oxygen atoms in total. The lowest BCUT2D eigenvalue weighted by Crippen LogP contribution is -2.01. The molecule has 12 rings (SSSR count). The van der Waals surface area contributed by atoms with Crippen LogP contribution in [0.4, 0.5) is 0 Å². The van der Waals surface area contributed by atoms with Gasteiger partial charge in [0.2, 0.25) is 0 Å². The van der Waals surface area contributed by atoms with Gasteiger partial charge in [0.25, 0.3) is 0 Å². The molecular formula is C51H29N3O2. The van der Waals surface area contributed by atoms with Crippen molar-refractivity contribution in [1.29, 1.82) is 0 Å². The van der Waals surface area contributed by atoms with E-state index < -0.39 is 0 Å². The van der Waals surface area contributed by atoms with E-state index in [1.165, 1.54) is 10.8 Å². The number of rotatable bonds is 4. The van der Waals surface area contributed by atoms with Crippen molar-refractivity contribution in [3.05, 3.63) is 176 Å². The van der Waals surface area contributed by atoms with E-state index in [0.717, 1.165) is 93.2 Å². The summed E-state index contributed by atoms with van der Waals surface area (Å²) in [6.45, 7) is 0. The monoisotopic (exact) mass is 715 g/mol. The molecule has 0 saturated carbocycles. The first kappa shape index (κ1) is 30.8. The normalized spacial score (nSPS) is 11.9. The number of furan rings is 2. The van der Waals surface area contributed by atoms with Gasteiger partial charge in [0.15, 0.2) is 17.5 Å². The van der Waals surface area contributed by atoms with Gasteiger partial charge in [0, 0.05) is 43.6 Å². The first-order valence-electron chi connectivity index (χ1n) is 18.8. The van der Waals surface area contributed by atoms with Crippen LogP contribution in [0.2, 0.25) is 0 Å². The topological polar surface area (TPSA) is 65.0 Å². The fourth-order valence-corrected chi connectivity index (χ4v) is 8.61. The van der Waals surface area contributed by atoms with Crippen molar-refractivity contribution in [3.8, 4) is 45.3 Å². The fraction of sp³-hybridized carbons (Fsp3) is 0. The van der Waals surface area contributed by atoms with E-state index in [0.29, 0.717) is 17.5 Å². The van der Waals surface area contributed by atoms with Crippen LogP contribution in [0.3, 0.4) is 0 Å². The molecule has 12 aromatic rings. The second-order valence-electron chi connectivity index (χ2n) is 14.3. The molecule has 0 aliphatic heterocycles. The molecule has 3 heterocycles. The van der Waals surface area contributed by atoms with E-state index in [1.807, 2.05) is 66.7 Å². The Bertz CT molecular complexity index is 3550. The molecule has 260 valence electrons. The molecule has 5 heteroatoms. The van der Waals surface area contributed by atoms with E-state index in [4.69, 9.17) is 23.8 Å². The van der Waals surface area contributed by atoms with Crippen LogP contribution in [-0.2, 0) is 0 Å². The Morgan fingerprint density at radius 2 is 0.875 bits per heavy atom. The van der Waals surface area contributed by atoms with Crippen LogP contribution in [-0.4, -0.2) is 15.0 Å².